The Balaban J connectivity index is 1.91. The minimum atomic E-state index is -5.03. The molecule has 2 heterocycles. The first-order valence-corrected chi connectivity index (χ1v) is 10.8. The number of anilines is 1. The van der Waals surface area contributed by atoms with Crippen molar-refractivity contribution in [3.05, 3.63) is 41.5 Å². The largest absolute Gasteiger partial charge is 0.573 e. The minimum absolute atomic E-state index is 0.176. The number of ether oxygens (including phenoxy) is 1. The van der Waals surface area contributed by atoms with E-state index in [4.69, 9.17) is 5.73 Å². The number of nitrogens with zero attached hydrogens (tertiary/aromatic N) is 3. The van der Waals surface area contributed by atoms with Crippen LogP contribution in [0, 0.1) is 0 Å². The molecular formula is C17H12F6N4O4S2. The molecule has 0 bridgehead atoms. The highest BCUT2D eigenvalue weighted by Gasteiger charge is 2.53. The van der Waals surface area contributed by atoms with E-state index >= 15 is 0 Å². The van der Waals surface area contributed by atoms with Gasteiger partial charge in [0.25, 0.3) is 0 Å². The van der Waals surface area contributed by atoms with Gasteiger partial charge in [-0.2, -0.15) is 13.2 Å². The summed E-state index contributed by atoms with van der Waals surface area (Å²) >= 11 is 0.360. The van der Waals surface area contributed by atoms with Gasteiger partial charge >= 0.3 is 12.5 Å². The number of sulfone groups is 1. The van der Waals surface area contributed by atoms with Gasteiger partial charge in [0.05, 0.1) is 15.5 Å². The van der Waals surface area contributed by atoms with Gasteiger partial charge < -0.3 is 15.6 Å². The van der Waals surface area contributed by atoms with E-state index < -0.39 is 43.6 Å². The van der Waals surface area contributed by atoms with Crippen LogP contribution >= 0.6 is 11.3 Å². The number of aliphatic hydroxyl groups is 1. The van der Waals surface area contributed by atoms with Gasteiger partial charge in [-0.1, -0.05) is 11.3 Å². The number of hydrogen-bond donors (Lipinski definition) is 2. The second kappa shape index (κ2) is 8.11. The highest BCUT2D eigenvalue weighted by Crippen LogP contribution is 2.41. The molecule has 0 fully saturated rings. The Kier molecular flexibility index (Phi) is 6.06. The predicted molar refractivity (Wildman–Crippen MR) is 102 cm³/mol. The van der Waals surface area contributed by atoms with E-state index in [2.05, 4.69) is 19.9 Å². The average Bonchev–Trinajstić information content (AvgIpc) is 3.16. The van der Waals surface area contributed by atoms with Crippen molar-refractivity contribution in [3.63, 3.8) is 0 Å². The lowest BCUT2D eigenvalue weighted by Gasteiger charge is -2.22. The van der Waals surface area contributed by atoms with Gasteiger partial charge in [0, 0.05) is 6.20 Å². The van der Waals surface area contributed by atoms with Crippen LogP contribution in [0.25, 0.3) is 10.7 Å². The fraction of sp³-hybridized carbons (Fsp3) is 0.235. The van der Waals surface area contributed by atoms with E-state index in [-0.39, 0.29) is 21.3 Å². The first-order chi connectivity index (χ1) is 15.0. The highest BCUT2D eigenvalue weighted by molar-refractivity contribution is 7.91. The molecule has 0 spiro atoms. The zero-order valence-corrected chi connectivity index (χ0v) is 17.8. The standard InChI is InChI=1S/C17H12F6N4O4S2/c1-15(28,16(18,19)20)14-27-26-13(32-14)12-11(24)6-10(7-25-12)33(29,30)9-4-2-8(3-5-9)31-17(21,22)23/h2-7,28H,24H2,1H3/t15-/m1/s1. The lowest BCUT2D eigenvalue weighted by Crippen LogP contribution is -2.39. The number of aromatic nitrogens is 3. The van der Waals surface area contributed by atoms with Gasteiger partial charge in [-0.05, 0) is 37.3 Å². The number of pyridine rings is 1. The third-order valence-electron chi connectivity index (χ3n) is 4.17. The molecule has 0 saturated heterocycles. The molecule has 3 aromatic rings. The zero-order valence-electron chi connectivity index (χ0n) is 16.1. The van der Waals surface area contributed by atoms with Gasteiger partial charge in [-0.25, -0.2) is 8.42 Å². The lowest BCUT2D eigenvalue weighted by molar-refractivity contribution is -0.274. The van der Waals surface area contributed by atoms with Crippen LogP contribution in [0.1, 0.15) is 11.9 Å². The van der Waals surface area contributed by atoms with Crippen LogP contribution in [-0.4, -0.2) is 41.2 Å². The summed E-state index contributed by atoms with van der Waals surface area (Å²) in [6.45, 7) is 0.495. The third-order valence-corrected chi connectivity index (χ3v) is 7.04. The van der Waals surface area contributed by atoms with Crippen molar-refractivity contribution in [2.24, 2.45) is 0 Å². The van der Waals surface area contributed by atoms with Gasteiger partial charge in [0.2, 0.25) is 15.4 Å². The number of benzene rings is 1. The molecule has 2 aromatic heterocycles. The summed E-state index contributed by atoms with van der Waals surface area (Å²) in [5.41, 5.74) is 2.08. The number of nitrogens with two attached hydrogens (primary N) is 1. The molecule has 0 saturated carbocycles. The maximum Gasteiger partial charge on any atom is 0.573 e. The van der Waals surface area contributed by atoms with Crippen molar-refractivity contribution in [1.82, 2.24) is 15.2 Å². The van der Waals surface area contributed by atoms with Crippen molar-refractivity contribution in [3.8, 4) is 16.5 Å². The van der Waals surface area contributed by atoms with Crippen LogP contribution in [-0.2, 0) is 15.4 Å². The SMILES string of the molecule is C[C@@](O)(c1nnc(-c2ncc(S(=O)(=O)c3ccc(OC(F)(F)F)cc3)cc2N)s1)C(F)(F)F. The zero-order chi connectivity index (χ0) is 24.8. The monoisotopic (exact) mass is 514 g/mol. The van der Waals surface area contributed by atoms with Crippen molar-refractivity contribution in [2.45, 2.75) is 34.9 Å². The molecule has 3 N–H and O–H groups in total. The Morgan fingerprint density at radius 3 is 2.15 bits per heavy atom. The molecule has 0 radical (unpaired) electrons. The molecule has 0 amide bonds. The molecule has 1 atom stereocenters. The quantitative estimate of drug-likeness (QED) is 0.494. The fourth-order valence-corrected chi connectivity index (χ4v) is 4.55. The molecular weight excluding hydrogens is 502 g/mol. The molecule has 0 unspecified atom stereocenters. The molecule has 1 aromatic carbocycles. The number of hydrogen-bond acceptors (Lipinski definition) is 9. The van der Waals surface area contributed by atoms with Crippen LogP contribution in [0.5, 0.6) is 5.75 Å². The highest BCUT2D eigenvalue weighted by atomic mass is 32.2. The predicted octanol–water partition coefficient (Wildman–Crippen LogP) is 3.68. The maximum atomic E-state index is 13.0. The van der Waals surface area contributed by atoms with Gasteiger partial charge in [-0.15, -0.1) is 23.4 Å². The third kappa shape index (κ3) is 5.01. The summed E-state index contributed by atoms with van der Waals surface area (Å²) < 4.78 is 105. The molecule has 178 valence electrons. The Labute approximate surface area is 185 Å². The molecule has 3 rings (SSSR count). The fourth-order valence-electron chi connectivity index (χ4n) is 2.38. The van der Waals surface area contributed by atoms with Crippen molar-refractivity contribution in [1.29, 1.82) is 0 Å². The molecule has 0 aliphatic rings. The van der Waals surface area contributed by atoms with Gasteiger partial charge in [0.1, 0.15) is 11.4 Å². The summed E-state index contributed by atoms with van der Waals surface area (Å²) in [6, 6.07) is 4.34. The van der Waals surface area contributed by atoms with E-state index in [1.165, 1.54) is 0 Å². The maximum absolute atomic E-state index is 13.0. The van der Waals surface area contributed by atoms with E-state index in [0.29, 0.717) is 18.3 Å². The first-order valence-electron chi connectivity index (χ1n) is 8.52. The summed E-state index contributed by atoms with van der Waals surface area (Å²) in [7, 11) is -4.26. The van der Waals surface area contributed by atoms with Crippen LogP contribution in [0.2, 0.25) is 0 Å². The Bertz CT molecular complexity index is 1270. The summed E-state index contributed by atoms with van der Waals surface area (Å²) in [5.74, 6) is -0.628. The number of nitrogen functional groups attached to an aromatic ring is 1. The minimum Gasteiger partial charge on any atom is -0.406 e. The van der Waals surface area contributed by atoms with Gasteiger partial charge in [0.15, 0.2) is 10.0 Å². The normalized spacial score (nSPS) is 14.7. The van der Waals surface area contributed by atoms with E-state index in [1.54, 1.807) is 0 Å². The van der Waals surface area contributed by atoms with E-state index in [9.17, 15) is 39.9 Å². The summed E-state index contributed by atoms with van der Waals surface area (Å²) in [5, 5.41) is 15.6. The van der Waals surface area contributed by atoms with Crippen molar-refractivity contribution >= 4 is 26.9 Å². The van der Waals surface area contributed by atoms with Crippen LogP contribution in [0.3, 0.4) is 0 Å². The molecule has 0 aliphatic carbocycles. The molecule has 0 aliphatic heterocycles. The Hall–Kier alpha value is -2.98. The number of alkyl halides is 6. The Morgan fingerprint density at radius 2 is 1.64 bits per heavy atom. The number of rotatable bonds is 5. The van der Waals surface area contributed by atoms with Crippen molar-refractivity contribution < 1.29 is 44.6 Å². The number of halogens is 6. The molecule has 8 nitrogen and oxygen atoms in total. The summed E-state index contributed by atoms with van der Waals surface area (Å²) in [4.78, 5) is 3.02. The summed E-state index contributed by atoms with van der Waals surface area (Å²) in [6.07, 6.45) is -9.13. The lowest BCUT2D eigenvalue weighted by atomic mass is 10.1. The topological polar surface area (TPSA) is 128 Å². The van der Waals surface area contributed by atoms with Crippen molar-refractivity contribution in [2.75, 3.05) is 5.73 Å². The second-order valence-electron chi connectivity index (χ2n) is 6.61. The average molecular weight is 514 g/mol. The Morgan fingerprint density at radius 1 is 1.03 bits per heavy atom. The van der Waals surface area contributed by atoms with Crippen LogP contribution in [0.4, 0.5) is 32.0 Å². The van der Waals surface area contributed by atoms with Crippen LogP contribution < -0.4 is 10.5 Å². The van der Waals surface area contributed by atoms with E-state index in [1.807, 2.05) is 0 Å². The molecule has 16 heteroatoms. The second-order valence-corrected chi connectivity index (χ2v) is 9.54. The molecule has 33 heavy (non-hydrogen) atoms. The van der Waals surface area contributed by atoms with Crippen LogP contribution in [0.15, 0.2) is 46.3 Å². The smallest absolute Gasteiger partial charge is 0.406 e. The first kappa shape index (κ1) is 24.7. The van der Waals surface area contributed by atoms with Gasteiger partial charge in [-0.3, -0.25) is 4.98 Å². The van der Waals surface area contributed by atoms with E-state index in [0.717, 1.165) is 36.5 Å².